The van der Waals surface area contributed by atoms with Crippen LogP contribution < -0.4 is 0 Å². The Morgan fingerprint density at radius 2 is 2.00 bits per heavy atom. The van der Waals surface area contributed by atoms with E-state index in [1.807, 2.05) is 0 Å². The Morgan fingerprint density at radius 1 is 1.56 bits per heavy atom. The quantitative estimate of drug-likeness (QED) is 0.541. The molecular formula is C6H12N2O. The number of hydrogen-bond acceptors (Lipinski definition) is 2. The van der Waals surface area contributed by atoms with Gasteiger partial charge in [-0.25, -0.2) is 0 Å². The summed E-state index contributed by atoms with van der Waals surface area (Å²) in [5, 5.41) is 7.08. The molecule has 0 aliphatic carbocycles. The Kier molecular flexibility index (Phi) is 2.91. The summed E-state index contributed by atoms with van der Waals surface area (Å²) in [6, 6.07) is 0. The third kappa shape index (κ3) is 2.26. The molecule has 0 saturated carbocycles. The van der Waals surface area contributed by atoms with Gasteiger partial charge in [0.1, 0.15) is 0 Å². The summed E-state index contributed by atoms with van der Waals surface area (Å²) in [6.07, 6.45) is 0.511. The molecule has 0 unspecified atom stereocenters. The molecule has 0 aromatic carbocycles. The average molecular weight is 128 g/mol. The molecule has 0 aromatic rings. The zero-order chi connectivity index (χ0) is 7.44. The van der Waals surface area contributed by atoms with E-state index >= 15 is 0 Å². The van der Waals surface area contributed by atoms with Gasteiger partial charge in [-0.3, -0.25) is 10.2 Å². The first-order chi connectivity index (χ1) is 4.09. The van der Waals surface area contributed by atoms with Gasteiger partial charge in [-0.2, -0.15) is 0 Å². The zero-order valence-electron chi connectivity index (χ0n) is 6.06. The molecule has 0 aromatic heterocycles. The van der Waals surface area contributed by atoms with Crippen molar-refractivity contribution >= 4 is 11.6 Å². The van der Waals surface area contributed by atoms with Crippen molar-refractivity contribution in [1.82, 2.24) is 4.90 Å². The summed E-state index contributed by atoms with van der Waals surface area (Å²) in [5.41, 5.74) is 0.167. The number of nitrogens with zero attached hydrogens (tertiary/aromatic N) is 1. The van der Waals surface area contributed by atoms with E-state index in [9.17, 15) is 4.79 Å². The van der Waals surface area contributed by atoms with Crippen LogP contribution in [0, 0.1) is 5.41 Å². The van der Waals surface area contributed by atoms with Crippen LogP contribution in [0.15, 0.2) is 0 Å². The first-order valence-electron chi connectivity index (χ1n) is 2.88. The van der Waals surface area contributed by atoms with E-state index in [0.29, 0.717) is 6.42 Å². The van der Waals surface area contributed by atoms with E-state index < -0.39 is 0 Å². The molecule has 1 N–H and O–H groups in total. The Labute approximate surface area is 55.2 Å². The van der Waals surface area contributed by atoms with Gasteiger partial charge in [0, 0.05) is 14.1 Å². The predicted molar refractivity (Wildman–Crippen MR) is 36.7 cm³/mol. The van der Waals surface area contributed by atoms with Crippen LogP contribution in [0.5, 0.6) is 0 Å². The fourth-order valence-electron chi connectivity index (χ4n) is 0.421. The number of hydrogen-bond donors (Lipinski definition) is 1. The summed E-state index contributed by atoms with van der Waals surface area (Å²) in [4.78, 5) is 12.2. The van der Waals surface area contributed by atoms with E-state index in [0.717, 1.165) is 0 Å². The van der Waals surface area contributed by atoms with Crippen LogP contribution >= 0.6 is 0 Å². The molecular weight excluding hydrogens is 116 g/mol. The van der Waals surface area contributed by atoms with Crippen molar-refractivity contribution in [2.24, 2.45) is 0 Å². The minimum absolute atomic E-state index is 0.167. The smallest absolute Gasteiger partial charge is 0.266 e. The molecule has 1 amide bonds. The first-order valence-corrected chi connectivity index (χ1v) is 2.88. The number of carbonyl (C=O) groups is 1. The molecule has 0 bridgehead atoms. The van der Waals surface area contributed by atoms with Crippen molar-refractivity contribution in [2.45, 2.75) is 13.3 Å². The summed E-state index contributed by atoms with van der Waals surface area (Å²) in [7, 11) is 3.29. The summed E-state index contributed by atoms with van der Waals surface area (Å²) in [5.74, 6) is -0.197. The molecule has 0 radical (unpaired) electrons. The highest BCUT2D eigenvalue weighted by Gasteiger charge is 2.07. The van der Waals surface area contributed by atoms with E-state index in [1.165, 1.54) is 4.90 Å². The van der Waals surface area contributed by atoms with Gasteiger partial charge in [-0.1, -0.05) is 6.92 Å². The lowest BCUT2D eigenvalue weighted by Gasteiger charge is -2.08. The maximum Gasteiger partial charge on any atom is 0.266 e. The van der Waals surface area contributed by atoms with Gasteiger partial charge in [0.05, 0.1) is 5.71 Å². The van der Waals surface area contributed by atoms with Crippen LogP contribution in [0.25, 0.3) is 0 Å². The van der Waals surface area contributed by atoms with Crippen LogP contribution in [0.2, 0.25) is 0 Å². The zero-order valence-corrected chi connectivity index (χ0v) is 6.06. The van der Waals surface area contributed by atoms with Gasteiger partial charge in [-0.15, -0.1) is 0 Å². The fraction of sp³-hybridized carbons (Fsp3) is 0.667. The molecule has 52 valence electrons. The standard InChI is InChI=1S/C6H12N2O/c1-4-5(7)6(9)8(2)3/h7H,4H2,1-3H3. The SMILES string of the molecule is CCC(=N)C(=O)N(C)C. The molecule has 0 saturated heterocycles. The van der Waals surface area contributed by atoms with Crippen molar-refractivity contribution in [3.63, 3.8) is 0 Å². The van der Waals surface area contributed by atoms with Crippen LogP contribution in [-0.4, -0.2) is 30.6 Å². The second-order valence-electron chi connectivity index (χ2n) is 2.03. The van der Waals surface area contributed by atoms with E-state index in [2.05, 4.69) is 0 Å². The van der Waals surface area contributed by atoms with Gasteiger partial charge >= 0.3 is 0 Å². The Morgan fingerprint density at radius 3 is 2.11 bits per heavy atom. The Balaban J connectivity index is 3.89. The van der Waals surface area contributed by atoms with Gasteiger partial charge in [0.25, 0.3) is 5.91 Å². The summed E-state index contributed by atoms with van der Waals surface area (Å²) >= 11 is 0. The molecule has 0 spiro atoms. The van der Waals surface area contributed by atoms with Crippen LogP contribution in [0.4, 0.5) is 0 Å². The lowest BCUT2D eigenvalue weighted by molar-refractivity contribution is -0.121. The van der Waals surface area contributed by atoms with Crippen molar-refractivity contribution in [3.8, 4) is 0 Å². The monoisotopic (exact) mass is 128 g/mol. The third-order valence-corrected chi connectivity index (χ3v) is 1.02. The fourth-order valence-corrected chi connectivity index (χ4v) is 0.421. The number of nitrogens with one attached hydrogen (secondary N) is 1. The van der Waals surface area contributed by atoms with E-state index in [4.69, 9.17) is 5.41 Å². The van der Waals surface area contributed by atoms with Gasteiger partial charge in [0.2, 0.25) is 0 Å². The highest BCUT2D eigenvalue weighted by molar-refractivity contribution is 6.37. The molecule has 0 rings (SSSR count). The average Bonchev–Trinajstić information content (AvgIpc) is 1.84. The van der Waals surface area contributed by atoms with Crippen molar-refractivity contribution in [2.75, 3.05) is 14.1 Å². The summed E-state index contributed by atoms with van der Waals surface area (Å²) < 4.78 is 0. The highest BCUT2D eigenvalue weighted by atomic mass is 16.2. The second-order valence-corrected chi connectivity index (χ2v) is 2.03. The summed E-state index contributed by atoms with van der Waals surface area (Å²) in [6.45, 7) is 1.80. The third-order valence-electron chi connectivity index (χ3n) is 1.02. The first kappa shape index (κ1) is 8.14. The second kappa shape index (κ2) is 3.22. The maximum absolute atomic E-state index is 10.8. The molecule has 0 heterocycles. The lowest BCUT2D eigenvalue weighted by atomic mass is 10.3. The molecule has 0 atom stereocenters. The largest absolute Gasteiger partial charge is 0.344 e. The molecule has 3 heteroatoms. The van der Waals surface area contributed by atoms with Crippen molar-refractivity contribution in [1.29, 1.82) is 5.41 Å². The van der Waals surface area contributed by atoms with Crippen LogP contribution in [-0.2, 0) is 4.79 Å². The van der Waals surface area contributed by atoms with E-state index in [1.54, 1.807) is 21.0 Å². The van der Waals surface area contributed by atoms with Gasteiger partial charge in [0.15, 0.2) is 0 Å². The van der Waals surface area contributed by atoms with Gasteiger partial charge < -0.3 is 4.90 Å². The minimum Gasteiger partial charge on any atom is -0.344 e. The molecule has 0 aliphatic heterocycles. The predicted octanol–water partition coefficient (Wildman–Crippen LogP) is 0.504. The van der Waals surface area contributed by atoms with Crippen molar-refractivity contribution < 1.29 is 4.79 Å². The topological polar surface area (TPSA) is 44.2 Å². The normalized spacial score (nSPS) is 8.78. The van der Waals surface area contributed by atoms with E-state index in [-0.39, 0.29) is 11.6 Å². The molecule has 9 heavy (non-hydrogen) atoms. The number of rotatable bonds is 2. The molecule has 0 fully saturated rings. The Bertz CT molecular complexity index is 129. The van der Waals surface area contributed by atoms with Crippen LogP contribution in [0.3, 0.4) is 0 Å². The number of amides is 1. The molecule has 0 aliphatic rings. The Hall–Kier alpha value is -0.860. The highest BCUT2D eigenvalue weighted by Crippen LogP contribution is 1.86. The maximum atomic E-state index is 10.8. The lowest BCUT2D eigenvalue weighted by Crippen LogP contribution is -2.28. The van der Waals surface area contributed by atoms with Crippen LogP contribution in [0.1, 0.15) is 13.3 Å². The minimum atomic E-state index is -0.197. The number of carbonyl (C=O) groups excluding carboxylic acids is 1. The molecule has 3 nitrogen and oxygen atoms in total. The van der Waals surface area contributed by atoms with Crippen molar-refractivity contribution in [3.05, 3.63) is 0 Å². The van der Waals surface area contributed by atoms with Gasteiger partial charge in [-0.05, 0) is 6.42 Å².